The van der Waals surface area contributed by atoms with E-state index in [-0.39, 0.29) is 22.7 Å². The van der Waals surface area contributed by atoms with Gasteiger partial charge in [-0.05, 0) is 61.7 Å². The van der Waals surface area contributed by atoms with Gasteiger partial charge in [-0.2, -0.15) is 0 Å². The molecule has 0 heterocycles. The molecule has 0 aromatic heterocycles. The molecule has 0 aromatic carbocycles. The first-order valence-electron chi connectivity index (χ1n) is 11.0. The molecule has 4 aliphatic rings. The molecule has 0 spiro atoms. The second-order valence-corrected chi connectivity index (χ2v) is 10.0. The lowest BCUT2D eigenvalue weighted by Gasteiger charge is -2.58. The smallest absolute Gasteiger partial charge is 0.186 e. The molecule has 7 nitrogen and oxygen atoms in total. The second kappa shape index (κ2) is 7.40. The Balaban J connectivity index is 1.46. The summed E-state index contributed by atoms with van der Waals surface area (Å²) < 4.78 is 0. The van der Waals surface area contributed by atoms with E-state index in [2.05, 4.69) is 24.0 Å². The van der Waals surface area contributed by atoms with Gasteiger partial charge in [0.1, 0.15) is 18.2 Å². The summed E-state index contributed by atoms with van der Waals surface area (Å²) in [6.45, 7) is 5.19. The summed E-state index contributed by atoms with van der Waals surface area (Å²) in [7, 11) is 0. The third kappa shape index (κ3) is 3.36. The molecule has 0 unspecified atom stereocenters. The molecular formula is C22H34N4O3. The number of rotatable bonds is 4. The Bertz CT molecular complexity index is 759. The maximum Gasteiger partial charge on any atom is 0.186 e. The first-order valence-corrected chi connectivity index (χ1v) is 11.0. The topological polar surface area (TPSA) is 120 Å². The molecule has 0 amide bonds. The number of carbonyl (C=O) groups excluding carboxylic acids is 2. The van der Waals surface area contributed by atoms with E-state index < -0.39 is 0 Å². The minimum atomic E-state index is -0.185. The summed E-state index contributed by atoms with van der Waals surface area (Å²) >= 11 is 0. The minimum absolute atomic E-state index is 0.0181. The molecule has 4 saturated carbocycles. The predicted octanol–water partition coefficient (Wildman–Crippen LogP) is 2.42. The fourth-order valence-electron chi connectivity index (χ4n) is 7.06. The van der Waals surface area contributed by atoms with Crippen LogP contribution in [0.25, 0.3) is 0 Å². The van der Waals surface area contributed by atoms with Crippen LogP contribution in [0.3, 0.4) is 0 Å². The highest BCUT2D eigenvalue weighted by Crippen LogP contribution is 2.64. The Kier molecular flexibility index (Phi) is 5.20. The van der Waals surface area contributed by atoms with E-state index in [4.69, 9.17) is 16.3 Å². The van der Waals surface area contributed by atoms with E-state index in [9.17, 15) is 9.59 Å². The average molecular weight is 403 g/mol. The molecule has 6 atom stereocenters. The van der Waals surface area contributed by atoms with Crippen LogP contribution in [0, 0.1) is 34.5 Å². The Morgan fingerprint density at radius 2 is 1.90 bits per heavy atom. The lowest BCUT2D eigenvalue weighted by molar-refractivity contribution is -0.152. The van der Waals surface area contributed by atoms with E-state index >= 15 is 0 Å². The number of ketones is 2. The van der Waals surface area contributed by atoms with Crippen LogP contribution < -0.4 is 11.5 Å². The standard InChI is InChI=1S/C22H34N4O3/c1-21-7-5-13(26-29-10-9-25-20(23)24)11-17(21)18(27)12-14-15-3-4-19(28)22(15,2)8-6-16(14)21/h14-17H,3-12H2,1-2H3,(H4,23,24,25)/b26-13+/t14-,15-,16-,17+,21+,22-/m0/s1. The third-order valence-corrected chi connectivity index (χ3v) is 8.68. The Morgan fingerprint density at radius 3 is 2.66 bits per heavy atom. The van der Waals surface area contributed by atoms with Gasteiger partial charge in [-0.3, -0.25) is 9.59 Å². The van der Waals surface area contributed by atoms with Gasteiger partial charge in [0.15, 0.2) is 5.96 Å². The normalized spacial score (nSPS) is 42.8. The van der Waals surface area contributed by atoms with Crippen LogP contribution in [-0.4, -0.2) is 36.4 Å². The SMILES string of the molecule is C[C@]12CC/C(=N\OCCN=C(N)N)C[C@@H]1C(=O)C[C@@H]1[C@@H]2CC[C@]2(C)C(=O)CC[C@@H]12. The molecule has 29 heavy (non-hydrogen) atoms. The summed E-state index contributed by atoms with van der Waals surface area (Å²) in [5.74, 6) is 2.18. The van der Waals surface area contributed by atoms with Crippen molar-refractivity contribution in [2.24, 2.45) is 56.1 Å². The fourth-order valence-corrected chi connectivity index (χ4v) is 7.06. The van der Waals surface area contributed by atoms with Gasteiger partial charge in [0.2, 0.25) is 0 Å². The maximum atomic E-state index is 13.2. The van der Waals surface area contributed by atoms with Crippen LogP contribution in [0.5, 0.6) is 0 Å². The molecule has 0 bridgehead atoms. The van der Waals surface area contributed by atoms with Crippen molar-refractivity contribution >= 4 is 23.2 Å². The van der Waals surface area contributed by atoms with Gasteiger partial charge >= 0.3 is 0 Å². The van der Waals surface area contributed by atoms with E-state index in [1.54, 1.807) is 0 Å². The molecule has 0 aliphatic heterocycles. The summed E-state index contributed by atoms with van der Waals surface area (Å²) in [5.41, 5.74) is 11.4. The molecule has 4 fully saturated rings. The number of Topliss-reactive ketones (excluding diaryl/α,β-unsaturated/α-hetero) is 2. The number of fused-ring (bicyclic) bond motifs is 5. The van der Waals surface area contributed by atoms with Gasteiger partial charge in [0, 0.05) is 24.2 Å². The quantitative estimate of drug-likeness (QED) is 0.324. The van der Waals surface area contributed by atoms with Crippen molar-refractivity contribution < 1.29 is 14.4 Å². The zero-order chi connectivity index (χ0) is 20.8. The lowest BCUT2D eigenvalue weighted by Crippen LogP contribution is -2.56. The Labute approximate surface area is 172 Å². The zero-order valence-electron chi connectivity index (χ0n) is 17.7. The molecule has 4 aliphatic carbocycles. The number of oxime groups is 1. The number of hydrogen-bond donors (Lipinski definition) is 2. The van der Waals surface area contributed by atoms with Crippen molar-refractivity contribution in [3.8, 4) is 0 Å². The fraction of sp³-hybridized carbons (Fsp3) is 0.818. The third-order valence-electron chi connectivity index (χ3n) is 8.68. The molecule has 0 saturated heterocycles. The van der Waals surface area contributed by atoms with Gasteiger partial charge in [-0.15, -0.1) is 0 Å². The number of nitrogens with zero attached hydrogens (tertiary/aromatic N) is 2. The van der Waals surface area contributed by atoms with Crippen molar-refractivity contribution in [2.45, 2.75) is 65.2 Å². The highest BCUT2D eigenvalue weighted by molar-refractivity contribution is 5.93. The van der Waals surface area contributed by atoms with Crippen LogP contribution in [0.15, 0.2) is 10.1 Å². The van der Waals surface area contributed by atoms with Gasteiger partial charge < -0.3 is 16.3 Å². The zero-order valence-corrected chi connectivity index (χ0v) is 17.7. The van der Waals surface area contributed by atoms with Gasteiger partial charge in [0.05, 0.1) is 12.3 Å². The van der Waals surface area contributed by atoms with Crippen molar-refractivity contribution in [3.63, 3.8) is 0 Å². The van der Waals surface area contributed by atoms with Gasteiger partial charge in [-0.1, -0.05) is 19.0 Å². The first-order chi connectivity index (χ1) is 13.8. The van der Waals surface area contributed by atoms with Gasteiger partial charge in [-0.25, -0.2) is 4.99 Å². The molecule has 7 heteroatoms. The number of nitrogens with two attached hydrogens (primary N) is 2. The van der Waals surface area contributed by atoms with Crippen LogP contribution in [0.4, 0.5) is 0 Å². The van der Waals surface area contributed by atoms with E-state index in [1.807, 2.05) is 0 Å². The summed E-state index contributed by atoms with van der Waals surface area (Å²) in [6.07, 6.45) is 6.91. The molecule has 4 rings (SSSR count). The van der Waals surface area contributed by atoms with Crippen LogP contribution in [-0.2, 0) is 14.4 Å². The van der Waals surface area contributed by atoms with E-state index in [0.717, 1.165) is 37.8 Å². The summed E-state index contributed by atoms with van der Waals surface area (Å²) in [5, 5.41) is 4.28. The number of carbonyl (C=O) groups is 2. The summed E-state index contributed by atoms with van der Waals surface area (Å²) in [6, 6.07) is 0. The largest absolute Gasteiger partial charge is 0.394 e. The van der Waals surface area contributed by atoms with Crippen molar-refractivity contribution in [1.29, 1.82) is 0 Å². The lowest BCUT2D eigenvalue weighted by atomic mass is 9.45. The first kappa shape index (κ1) is 20.4. The highest BCUT2D eigenvalue weighted by Gasteiger charge is 2.62. The van der Waals surface area contributed by atoms with Crippen LogP contribution in [0.2, 0.25) is 0 Å². The summed E-state index contributed by atoms with van der Waals surface area (Å²) in [4.78, 5) is 35.0. The Hall–Kier alpha value is -1.92. The molecular weight excluding hydrogens is 368 g/mol. The number of hydrogen-bond acceptors (Lipinski definition) is 5. The van der Waals surface area contributed by atoms with Gasteiger partial charge in [0.25, 0.3) is 0 Å². The van der Waals surface area contributed by atoms with E-state index in [1.165, 1.54) is 0 Å². The number of guanidine groups is 1. The average Bonchev–Trinajstić information content (AvgIpc) is 2.97. The predicted molar refractivity (Wildman–Crippen MR) is 111 cm³/mol. The van der Waals surface area contributed by atoms with Crippen LogP contribution in [0.1, 0.15) is 65.2 Å². The molecule has 0 radical (unpaired) electrons. The second-order valence-electron chi connectivity index (χ2n) is 10.0. The van der Waals surface area contributed by atoms with Crippen LogP contribution >= 0.6 is 0 Å². The van der Waals surface area contributed by atoms with Crippen molar-refractivity contribution in [3.05, 3.63) is 0 Å². The van der Waals surface area contributed by atoms with E-state index in [0.29, 0.717) is 61.7 Å². The molecule has 0 aromatic rings. The maximum absolute atomic E-state index is 13.2. The Morgan fingerprint density at radius 1 is 1.10 bits per heavy atom. The molecule has 4 N–H and O–H groups in total. The van der Waals surface area contributed by atoms with Crippen molar-refractivity contribution in [1.82, 2.24) is 0 Å². The highest BCUT2D eigenvalue weighted by atomic mass is 16.6. The minimum Gasteiger partial charge on any atom is -0.394 e. The molecule has 160 valence electrons. The number of aliphatic imine (C=N–C) groups is 1. The van der Waals surface area contributed by atoms with Crippen molar-refractivity contribution in [2.75, 3.05) is 13.2 Å². The monoisotopic (exact) mass is 402 g/mol.